The molecule has 0 amide bonds. The fraction of sp³-hybridized carbons (Fsp3) is 0.712. The summed E-state index contributed by atoms with van der Waals surface area (Å²) in [6.45, 7) is 14.8. The molecule has 4 heterocycles. The molecular formula is C52H83N5O4S2. The van der Waals surface area contributed by atoms with Gasteiger partial charge >= 0.3 is 0 Å². The fourth-order valence-corrected chi connectivity index (χ4v) is 12.4. The van der Waals surface area contributed by atoms with Crippen LogP contribution in [0.2, 0.25) is 0 Å². The van der Waals surface area contributed by atoms with E-state index >= 15 is 0 Å². The van der Waals surface area contributed by atoms with Crippen LogP contribution < -0.4 is 9.64 Å². The molecule has 0 unspecified atom stereocenters. The third-order valence-electron chi connectivity index (χ3n) is 14.5. The van der Waals surface area contributed by atoms with Gasteiger partial charge in [0.2, 0.25) is 9.84 Å². The summed E-state index contributed by atoms with van der Waals surface area (Å²) < 4.78 is 47.8. The molecule has 6 rings (SSSR count). The number of hydrogen-bond donors (Lipinski definition) is 0. The number of fused-ring (bicyclic) bond motifs is 1. The van der Waals surface area contributed by atoms with Gasteiger partial charge in [-0.25, -0.2) is 8.42 Å². The highest BCUT2D eigenvalue weighted by Gasteiger charge is 2.34. The summed E-state index contributed by atoms with van der Waals surface area (Å²) in [5.41, 5.74) is 1.40. The quantitative estimate of drug-likeness (QED) is 0.0548. The number of hydrogen-bond acceptors (Lipinski definition) is 9. The summed E-state index contributed by atoms with van der Waals surface area (Å²) in [5, 5.41) is 0.745. The Hall–Kier alpha value is -2.41. The molecule has 0 aliphatic carbocycles. The summed E-state index contributed by atoms with van der Waals surface area (Å²) in [6, 6.07) is 13.7. The summed E-state index contributed by atoms with van der Waals surface area (Å²) in [7, 11) is -3.93. The van der Waals surface area contributed by atoms with E-state index in [2.05, 4.69) is 38.4 Å². The maximum Gasteiger partial charge on any atom is 0.210 e. The Morgan fingerprint density at radius 3 is 1.63 bits per heavy atom. The number of ether oxygens (including phenoxy) is 1. The number of benzene rings is 2. The summed E-state index contributed by atoms with van der Waals surface area (Å²) >= 11 is -1.21. The molecule has 9 nitrogen and oxygen atoms in total. The molecule has 1 aromatic heterocycles. The number of pyridine rings is 1. The highest BCUT2D eigenvalue weighted by Crippen LogP contribution is 2.39. The van der Waals surface area contributed by atoms with Crippen LogP contribution in [0.1, 0.15) is 155 Å². The number of piperidine rings is 2. The molecule has 3 aromatic rings. The first-order chi connectivity index (χ1) is 30.8. The van der Waals surface area contributed by atoms with E-state index in [1.54, 1.807) is 30.5 Å². The predicted molar refractivity (Wildman–Crippen MR) is 264 cm³/mol. The zero-order valence-corrected chi connectivity index (χ0v) is 41.2. The molecule has 3 saturated heterocycles. The van der Waals surface area contributed by atoms with Crippen LogP contribution in [0, 0.1) is 0 Å². The summed E-state index contributed by atoms with van der Waals surface area (Å²) in [5.74, 6) is 0.692. The lowest BCUT2D eigenvalue weighted by molar-refractivity contribution is 0.0384. The minimum Gasteiger partial charge on any atom is -0.612 e. The zero-order chi connectivity index (χ0) is 44.3. The molecule has 3 fully saturated rings. The SMILES string of the molecule is CCCCCCCCCCCCCCCCCCCCOc1ccc(S(=O)(=O)c2cnc3ccc([S@+](C)[O-])cc3c2N2CCC(N3CCN(C4CCN(CC)CC4)CC3)CC2)cc1. The second kappa shape index (κ2) is 26.7. The van der Waals surface area contributed by atoms with E-state index in [9.17, 15) is 13.0 Å². The minimum absolute atomic E-state index is 0.211. The van der Waals surface area contributed by atoms with Gasteiger partial charge < -0.3 is 19.1 Å². The zero-order valence-electron chi connectivity index (χ0n) is 39.6. The molecule has 11 heteroatoms. The normalized spacial score (nSPS) is 18.4. The Morgan fingerprint density at radius 2 is 1.14 bits per heavy atom. The van der Waals surface area contributed by atoms with Crippen molar-refractivity contribution in [2.45, 2.75) is 182 Å². The first-order valence-electron chi connectivity index (χ1n) is 25.5. The van der Waals surface area contributed by atoms with Gasteiger partial charge in [-0.2, -0.15) is 0 Å². The van der Waals surface area contributed by atoms with Crippen molar-refractivity contribution in [1.29, 1.82) is 0 Å². The Bertz CT molecular complexity index is 1850. The van der Waals surface area contributed by atoms with Gasteiger partial charge in [-0.05, 0) is 99.3 Å². The van der Waals surface area contributed by atoms with Gasteiger partial charge in [-0.15, -0.1) is 0 Å². The topological polar surface area (TPSA) is 92.3 Å². The lowest BCUT2D eigenvalue weighted by Gasteiger charge is -2.46. The van der Waals surface area contributed by atoms with E-state index in [1.165, 1.54) is 135 Å². The van der Waals surface area contributed by atoms with E-state index in [-0.39, 0.29) is 9.79 Å². The molecule has 0 spiro atoms. The third-order valence-corrected chi connectivity index (χ3v) is 17.2. The monoisotopic (exact) mass is 906 g/mol. The number of piperazine rings is 1. The molecule has 3 aliphatic heterocycles. The van der Waals surface area contributed by atoms with Crippen LogP contribution in [0.3, 0.4) is 0 Å². The standard InChI is InChI=1S/C52H83N5O4S2/c1-4-6-7-8-9-10-11-12-13-14-15-16-17-18-19-20-21-22-41-61-46-23-26-48(27-24-46)63(59,60)51-43-53-50-28-25-47(62(3)58)42-49(50)52(51)57-35-31-45(32-36-57)56-39-37-55(38-40-56)44-29-33-54(5-2)34-30-44/h23-28,42-45H,4-22,29-41H2,1-3H3/t62-/m0/s1. The van der Waals surface area contributed by atoms with Crippen LogP contribution >= 0.6 is 0 Å². The maximum absolute atomic E-state index is 14.5. The average molecular weight is 906 g/mol. The maximum atomic E-state index is 14.5. The summed E-state index contributed by atoms with van der Waals surface area (Å²) in [6.07, 6.45) is 32.0. The van der Waals surface area contributed by atoms with Crippen molar-refractivity contribution in [1.82, 2.24) is 19.7 Å². The van der Waals surface area contributed by atoms with E-state index in [0.29, 0.717) is 40.5 Å². The van der Waals surface area contributed by atoms with Crippen LogP contribution in [0.15, 0.2) is 63.3 Å². The second-order valence-electron chi connectivity index (χ2n) is 18.9. The van der Waals surface area contributed by atoms with Crippen molar-refractivity contribution in [3.8, 4) is 5.75 Å². The van der Waals surface area contributed by atoms with Crippen LogP contribution in [0.4, 0.5) is 5.69 Å². The van der Waals surface area contributed by atoms with E-state index in [0.717, 1.165) is 76.9 Å². The molecular weight excluding hydrogens is 823 g/mol. The number of rotatable bonds is 27. The molecule has 0 radical (unpaired) electrons. The van der Waals surface area contributed by atoms with Gasteiger partial charge in [0.1, 0.15) is 16.9 Å². The van der Waals surface area contributed by atoms with Crippen LogP contribution in [-0.2, 0) is 21.0 Å². The number of anilines is 1. The number of aromatic nitrogens is 1. The first-order valence-corrected chi connectivity index (χ1v) is 28.5. The van der Waals surface area contributed by atoms with Crippen molar-refractivity contribution in [2.75, 3.05) is 76.7 Å². The number of sulfone groups is 1. The number of nitrogens with zero attached hydrogens (tertiary/aromatic N) is 5. The molecule has 0 N–H and O–H groups in total. The minimum atomic E-state index is -3.93. The van der Waals surface area contributed by atoms with Crippen molar-refractivity contribution in [2.24, 2.45) is 0 Å². The van der Waals surface area contributed by atoms with E-state index < -0.39 is 21.0 Å². The molecule has 0 bridgehead atoms. The average Bonchev–Trinajstić information content (AvgIpc) is 3.32. The number of unbranched alkanes of at least 4 members (excludes halogenated alkanes) is 17. The van der Waals surface area contributed by atoms with Crippen LogP contribution in [0.5, 0.6) is 5.75 Å². The smallest absolute Gasteiger partial charge is 0.210 e. The van der Waals surface area contributed by atoms with Crippen molar-refractivity contribution < 1.29 is 17.7 Å². The van der Waals surface area contributed by atoms with Gasteiger partial charge in [0.25, 0.3) is 0 Å². The van der Waals surface area contributed by atoms with Gasteiger partial charge in [0.15, 0.2) is 4.90 Å². The first kappa shape index (κ1) is 50.0. The molecule has 1 atom stereocenters. The largest absolute Gasteiger partial charge is 0.612 e. The molecule has 352 valence electrons. The van der Waals surface area contributed by atoms with E-state index in [4.69, 9.17) is 4.74 Å². The summed E-state index contributed by atoms with van der Waals surface area (Å²) in [4.78, 5) is 16.0. The molecule has 3 aliphatic rings. The van der Waals surface area contributed by atoms with Gasteiger partial charge in [-0.1, -0.05) is 123 Å². The Kier molecular flexibility index (Phi) is 21.2. The van der Waals surface area contributed by atoms with Crippen molar-refractivity contribution in [3.63, 3.8) is 0 Å². The van der Waals surface area contributed by atoms with E-state index in [1.807, 2.05) is 18.2 Å². The fourth-order valence-electron chi connectivity index (χ4n) is 10.4. The molecule has 63 heavy (non-hydrogen) atoms. The van der Waals surface area contributed by atoms with Gasteiger partial charge in [-0.3, -0.25) is 14.8 Å². The second-order valence-corrected chi connectivity index (χ2v) is 22.2. The lowest BCUT2D eigenvalue weighted by Crippen LogP contribution is -2.56. The predicted octanol–water partition coefficient (Wildman–Crippen LogP) is 11.3. The molecule has 0 saturated carbocycles. The highest BCUT2D eigenvalue weighted by atomic mass is 32.2. The van der Waals surface area contributed by atoms with Crippen molar-refractivity contribution in [3.05, 3.63) is 48.7 Å². The third kappa shape index (κ3) is 15.1. The van der Waals surface area contributed by atoms with Gasteiger partial charge in [0, 0.05) is 69.0 Å². The molecule has 2 aromatic carbocycles. The Morgan fingerprint density at radius 1 is 0.651 bits per heavy atom. The van der Waals surface area contributed by atoms with Crippen molar-refractivity contribution >= 4 is 37.6 Å². The van der Waals surface area contributed by atoms with Crippen LogP contribution in [0.25, 0.3) is 10.9 Å². The highest BCUT2D eigenvalue weighted by molar-refractivity contribution is 7.91. The Balaban J connectivity index is 0.948. The number of likely N-dealkylation sites (tertiary alicyclic amines) is 1. The van der Waals surface area contributed by atoms with Crippen LogP contribution in [-0.4, -0.2) is 117 Å². The Labute approximate surface area is 386 Å². The van der Waals surface area contributed by atoms with Gasteiger partial charge in [0.05, 0.1) is 22.7 Å². The lowest BCUT2D eigenvalue weighted by atomic mass is 9.99.